The molecule has 0 unspecified atom stereocenters. The molecule has 7 nitrogen and oxygen atoms in total. The monoisotopic (exact) mass is 422 g/mol. The van der Waals surface area contributed by atoms with Crippen molar-refractivity contribution in [3.63, 3.8) is 0 Å². The zero-order valence-corrected chi connectivity index (χ0v) is 17.4. The number of halogens is 1. The van der Waals surface area contributed by atoms with Crippen molar-refractivity contribution in [3.05, 3.63) is 59.9 Å². The smallest absolute Gasteiger partial charge is 0.338 e. The molecule has 0 spiro atoms. The third-order valence-electron chi connectivity index (χ3n) is 4.22. The second kappa shape index (κ2) is 9.15. The van der Waals surface area contributed by atoms with E-state index in [1.807, 2.05) is 0 Å². The lowest BCUT2D eigenvalue weighted by atomic mass is 10.2. The highest BCUT2D eigenvalue weighted by molar-refractivity contribution is 7.89. The number of carbonyl (C=O) groups excluding carboxylic acids is 2. The SMILES string of the molecule is CC(C)N(C)S(=O)(=O)c1cccc(C(=O)O[C@@H](C)C(=O)Nc2cccc(F)c2)c1. The number of hydrogen-bond donors (Lipinski definition) is 1. The predicted molar refractivity (Wildman–Crippen MR) is 106 cm³/mol. The molecule has 0 fully saturated rings. The number of nitrogens with zero attached hydrogens (tertiary/aromatic N) is 1. The Morgan fingerprint density at radius 2 is 1.72 bits per heavy atom. The first-order valence-corrected chi connectivity index (χ1v) is 10.3. The van der Waals surface area contributed by atoms with Gasteiger partial charge in [-0.05, 0) is 57.2 Å². The summed E-state index contributed by atoms with van der Waals surface area (Å²) in [7, 11) is -2.32. The number of carbonyl (C=O) groups is 2. The molecule has 2 rings (SSSR count). The van der Waals surface area contributed by atoms with Crippen molar-refractivity contribution in [1.29, 1.82) is 0 Å². The minimum Gasteiger partial charge on any atom is -0.449 e. The van der Waals surface area contributed by atoms with E-state index in [9.17, 15) is 22.4 Å². The molecule has 0 bridgehead atoms. The van der Waals surface area contributed by atoms with Gasteiger partial charge in [-0.3, -0.25) is 4.79 Å². The van der Waals surface area contributed by atoms with Crippen molar-refractivity contribution >= 4 is 27.6 Å². The van der Waals surface area contributed by atoms with Crippen LogP contribution in [0, 0.1) is 5.82 Å². The molecule has 2 aromatic carbocycles. The van der Waals surface area contributed by atoms with Gasteiger partial charge in [-0.25, -0.2) is 17.6 Å². The van der Waals surface area contributed by atoms with Gasteiger partial charge < -0.3 is 10.1 Å². The summed E-state index contributed by atoms with van der Waals surface area (Å²) in [5, 5.41) is 2.44. The molecule has 2 aromatic rings. The molecule has 156 valence electrons. The highest BCUT2D eigenvalue weighted by Crippen LogP contribution is 2.19. The number of nitrogens with one attached hydrogen (secondary N) is 1. The third kappa shape index (κ3) is 5.61. The molecule has 9 heteroatoms. The van der Waals surface area contributed by atoms with Crippen LogP contribution < -0.4 is 5.32 Å². The van der Waals surface area contributed by atoms with E-state index in [0.29, 0.717) is 0 Å². The van der Waals surface area contributed by atoms with Gasteiger partial charge in [0.05, 0.1) is 10.5 Å². The minimum atomic E-state index is -3.77. The summed E-state index contributed by atoms with van der Waals surface area (Å²) in [6.45, 7) is 4.82. The molecular weight excluding hydrogens is 399 g/mol. The van der Waals surface area contributed by atoms with E-state index in [4.69, 9.17) is 4.74 Å². The fraction of sp³-hybridized carbons (Fsp3) is 0.300. The number of hydrogen-bond acceptors (Lipinski definition) is 5. The molecule has 0 aliphatic rings. The number of amides is 1. The number of benzene rings is 2. The van der Waals surface area contributed by atoms with E-state index in [2.05, 4.69) is 5.32 Å². The van der Waals surface area contributed by atoms with Crippen LogP contribution in [0.4, 0.5) is 10.1 Å². The zero-order chi connectivity index (χ0) is 21.8. The van der Waals surface area contributed by atoms with Crippen LogP contribution in [0.3, 0.4) is 0 Å². The molecule has 1 amide bonds. The van der Waals surface area contributed by atoms with E-state index < -0.39 is 33.8 Å². The van der Waals surface area contributed by atoms with Crippen molar-refractivity contribution in [2.24, 2.45) is 0 Å². The maximum absolute atomic E-state index is 13.2. The second-order valence-corrected chi connectivity index (χ2v) is 8.69. The summed E-state index contributed by atoms with van der Waals surface area (Å²) in [6, 6.07) is 10.4. The standard InChI is InChI=1S/C20H23FN2O5S/c1-13(2)23(4)29(26,27)18-10-5-7-15(11-18)20(25)28-14(3)19(24)22-17-9-6-8-16(21)12-17/h5-14H,1-4H3,(H,22,24)/t14-/m0/s1. The van der Waals surface area contributed by atoms with Crippen LogP contribution in [0.5, 0.6) is 0 Å². The van der Waals surface area contributed by atoms with E-state index in [1.165, 1.54) is 60.7 Å². The molecule has 0 heterocycles. The molecule has 29 heavy (non-hydrogen) atoms. The molecule has 0 aliphatic heterocycles. The zero-order valence-electron chi connectivity index (χ0n) is 16.5. The Balaban J connectivity index is 2.11. The first-order chi connectivity index (χ1) is 13.5. The Morgan fingerprint density at radius 1 is 1.07 bits per heavy atom. The maximum Gasteiger partial charge on any atom is 0.338 e. The molecule has 0 saturated carbocycles. The lowest BCUT2D eigenvalue weighted by Crippen LogP contribution is -2.33. The number of anilines is 1. The van der Waals surface area contributed by atoms with E-state index in [0.717, 1.165) is 6.07 Å². The fourth-order valence-electron chi connectivity index (χ4n) is 2.32. The predicted octanol–water partition coefficient (Wildman–Crippen LogP) is 3.04. The van der Waals surface area contributed by atoms with Crippen LogP contribution in [-0.2, 0) is 19.6 Å². The van der Waals surface area contributed by atoms with Crippen LogP contribution >= 0.6 is 0 Å². The van der Waals surface area contributed by atoms with Crippen LogP contribution in [0.2, 0.25) is 0 Å². The van der Waals surface area contributed by atoms with Gasteiger partial charge in [0.25, 0.3) is 5.91 Å². The molecule has 0 aliphatic carbocycles. The van der Waals surface area contributed by atoms with Crippen LogP contribution in [0.15, 0.2) is 53.4 Å². The number of ether oxygens (including phenoxy) is 1. The Labute approximate surface area is 169 Å². The molecular formula is C20H23FN2O5S. The van der Waals surface area contributed by atoms with Crippen molar-refractivity contribution < 1.29 is 27.1 Å². The average Bonchev–Trinajstić information content (AvgIpc) is 2.67. The summed E-state index contributed by atoms with van der Waals surface area (Å²) < 4.78 is 44.7. The van der Waals surface area contributed by atoms with Gasteiger partial charge >= 0.3 is 5.97 Å². The molecule has 0 radical (unpaired) electrons. The van der Waals surface area contributed by atoms with Crippen molar-refractivity contribution in [2.45, 2.75) is 37.8 Å². The Morgan fingerprint density at radius 3 is 2.34 bits per heavy atom. The van der Waals surface area contributed by atoms with Crippen LogP contribution in [0.1, 0.15) is 31.1 Å². The van der Waals surface area contributed by atoms with Gasteiger partial charge in [0.15, 0.2) is 6.10 Å². The van der Waals surface area contributed by atoms with Gasteiger partial charge in [0.2, 0.25) is 10.0 Å². The number of sulfonamides is 1. The normalized spacial score (nSPS) is 12.7. The summed E-state index contributed by atoms with van der Waals surface area (Å²) in [5.74, 6) is -2.01. The van der Waals surface area contributed by atoms with E-state index in [1.54, 1.807) is 13.8 Å². The van der Waals surface area contributed by atoms with Gasteiger partial charge in [-0.2, -0.15) is 4.31 Å². The molecule has 1 atom stereocenters. The van der Waals surface area contributed by atoms with Crippen LogP contribution in [0.25, 0.3) is 0 Å². The summed E-state index contributed by atoms with van der Waals surface area (Å²) in [4.78, 5) is 24.5. The number of esters is 1. The summed E-state index contributed by atoms with van der Waals surface area (Å²) in [6.07, 6.45) is -1.18. The lowest BCUT2D eigenvalue weighted by Gasteiger charge is -2.21. The Bertz CT molecular complexity index is 1010. The highest BCUT2D eigenvalue weighted by Gasteiger charge is 2.25. The summed E-state index contributed by atoms with van der Waals surface area (Å²) in [5.41, 5.74) is 0.219. The molecule has 0 aromatic heterocycles. The topological polar surface area (TPSA) is 92.8 Å². The van der Waals surface area contributed by atoms with Gasteiger partial charge in [0.1, 0.15) is 5.82 Å². The highest BCUT2D eigenvalue weighted by atomic mass is 32.2. The molecule has 0 saturated heterocycles. The van der Waals surface area contributed by atoms with Gasteiger partial charge in [-0.15, -0.1) is 0 Å². The van der Waals surface area contributed by atoms with Crippen molar-refractivity contribution in [1.82, 2.24) is 4.31 Å². The average molecular weight is 422 g/mol. The second-order valence-electron chi connectivity index (χ2n) is 6.69. The van der Waals surface area contributed by atoms with Crippen molar-refractivity contribution in [2.75, 3.05) is 12.4 Å². The number of rotatable bonds is 7. The largest absolute Gasteiger partial charge is 0.449 e. The Kier molecular flexibility index (Phi) is 7.10. The Hall–Kier alpha value is -2.78. The third-order valence-corrected chi connectivity index (χ3v) is 6.25. The van der Waals surface area contributed by atoms with Crippen LogP contribution in [-0.4, -0.2) is 43.8 Å². The van der Waals surface area contributed by atoms with Gasteiger partial charge in [0, 0.05) is 18.8 Å². The van der Waals surface area contributed by atoms with E-state index in [-0.39, 0.29) is 22.2 Å². The fourth-order valence-corrected chi connectivity index (χ4v) is 3.73. The van der Waals surface area contributed by atoms with Gasteiger partial charge in [-0.1, -0.05) is 12.1 Å². The first kappa shape index (κ1) is 22.5. The quantitative estimate of drug-likeness (QED) is 0.693. The maximum atomic E-state index is 13.2. The first-order valence-electron chi connectivity index (χ1n) is 8.88. The molecule has 1 N–H and O–H groups in total. The van der Waals surface area contributed by atoms with Crippen molar-refractivity contribution in [3.8, 4) is 0 Å². The lowest BCUT2D eigenvalue weighted by molar-refractivity contribution is -0.123. The summed E-state index contributed by atoms with van der Waals surface area (Å²) >= 11 is 0. The van der Waals surface area contributed by atoms with E-state index >= 15 is 0 Å². The minimum absolute atomic E-state index is 0.00589.